The highest BCUT2D eigenvalue weighted by Crippen LogP contribution is 2.43. The lowest BCUT2D eigenvalue weighted by Crippen LogP contribution is -2.54. The molecule has 0 saturated carbocycles. The van der Waals surface area contributed by atoms with Gasteiger partial charge in [-0.3, -0.25) is 4.55 Å². The minimum atomic E-state index is -5.67. The number of hydrogen-bond acceptors (Lipinski definition) is 5. The molecule has 6 nitrogen and oxygen atoms in total. The molecule has 1 aliphatic rings. The van der Waals surface area contributed by atoms with Crippen LogP contribution in [0.3, 0.4) is 0 Å². The quantitative estimate of drug-likeness (QED) is 0.140. The van der Waals surface area contributed by atoms with E-state index in [-0.39, 0.29) is 11.2 Å². The van der Waals surface area contributed by atoms with Crippen molar-refractivity contribution in [1.29, 1.82) is 0 Å². The van der Waals surface area contributed by atoms with Crippen LogP contribution in [0.2, 0.25) is 0 Å². The van der Waals surface area contributed by atoms with Gasteiger partial charge in [0.25, 0.3) is 5.92 Å². The largest absolute Gasteiger partial charge is 0.483 e. The second-order valence-corrected chi connectivity index (χ2v) is 16.2. The van der Waals surface area contributed by atoms with Gasteiger partial charge in [-0.25, -0.2) is 8.78 Å². The molecule has 0 amide bonds. The molecule has 0 bridgehead atoms. The lowest BCUT2D eigenvalue weighted by atomic mass is 9.87. The van der Waals surface area contributed by atoms with Crippen molar-refractivity contribution in [3.63, 3.8) is 0 Å². The van der Waals surface area contributed by atoms with Crippen LogP contribution >= 0.6 is 0 Å². The van der Waals surface area contributed by atoms with Gasteiger partial charge in [0.15, 0.2) is 26.6 Å². The summed E-state index contributed by atoms with van der Waals surface area (Å²) in [5, 5.41) is -4.50. The summed E-state index contributed by atoms with van der Waals surface area (Å²) in [6.07, 6.45) is -3.46. The molecular weight excluding hydrogens is 632 g/mol. The highest BCUT2D eigenvalue weighted by Gasteiger charge is 2.53. The van der Waals surface area contributed by atoms with Gasteiger partial charge >= 0.3 is 15.4 Å². The summed E-state index contributed by atoms with van der Waals surface area (Å²) < 4.78 is 105. The van der Waals surface area contributed by atoms with E-state index in [0.717, 1.165) is 27.2 Å². The van der Waals surface area contributed by atoms with Crippen molar-refractivity contribution in [2.45, 2.75) is 97.7 Å². The number of ether oxygens (including phenoxy) is 3. The van der Waals surface area contributed by atoms with Crippen molar-refractivity contribution in [3.05, 3.63) is 83.9 Å². The first-order valence-corrected chi connectivity index (χ1v) is 17.1. The summed E-state index contributed by atoms with van der Waals surface area (Å²) in [6, 6.07) is 21.8. The Morgan fingerprint density at radius 3 is 1.80 bits per heavy atom. The van der Waals surface area contributed by atoms with E-state index < -0.39 is 62.7 Å². The second-order valence-electron chi connectivity index (χ2n) is 12.7. The fourth-order valence-electron chi connectivity index (χ4n) is 4.98. The zero-order chi connectivity index (χ0) is 33.6. The second kappa shape index (κ2) is 12.5. The molecule has 3 aromatic rings. The van der Waals surface area contributed by atoms with Gasteiger partial charge in [-0.15, -0.1) is 0 Å². The average molecular weight is 672 g/mol. The van der Waals surface area contributed by atoms with Crippen LogP contribution in [0.5, 0.6) is 5.75 Å². The minimum Gasteiger partial charge on any atom is -0.483 e. The number of hydrogen-bond donors (Lipinski definition) is 1. The Morgan fingerprint density at radius 2 is 1.36 bits per heavy atom. The average Bonchev–Trinajstić information content (AvgIpc) is 2.95. The predicted octanol–water partition coefficient (Wildman–Crippen LogP) is 8.21. The van der Waals surface area contributed by atoms with E-state index in [4.69, 9.17) is 18.8 Å². The van der Waals surface area contributed by atoms with Crippen LogP contribution in [-0.2, 0) is 41.7 Å². The molecule has 1 N–H and O–H groups in total. The smallest absolute Gasteiger partial charge is 0.405 e. The van der Waals surface area contributed by atoms with Crippen LogP contribution in [-0.4, -0.2) is 43.0 Å². The summed E-state index contributed by atoms with van der Waals surface area (Å²) >= 11 is 0. The van der Waals surface area contributed by atoms with Crippen molar-refractivity contribution in [1.82, 2.24) is 0 Å². The molecule has 1 aliphatic heterocycles. The highest BCUT2D eigenvalue weighted by molar-refractivity contribution is 7.97. The Morgan fingerprint density at radius 1 is 0.889 bits per heavy atom. The van der Waals surface area contributed by atoms with Gasteiger partial charge in [-0.1, -0.05) is 46.8 Å². The normalized spacial score (nSPS) is 22.2. The van der Waals surface area contributed by atoms with E-state index >= 15 is 0 Å². The van der Waals surface area contributed by atoms with Crippen LogP contribution in [0.1, 0.15) is 59.6 Å². The summed E-state index contributed by atoms with van der Waals surface area (Å²) in [4.78, 5) is 2.66. The Bertz CT molecular complexity index is 1570. The summed E-state index contributed by atoms with van der Waals surface area (Å²) in [5.41, 5.74) is 1.65. The first-order chi connectivity index (χ1) is 20.7. The maximum absolute atomic E-state index is 14.5. The molecule has 45 heavy (non-hydrogen) atoms. The third kappa shape index (κ3) is 7.51. The fraction of sp³-hybridized carbons (Fsp3) is 0.455. The molecular formula is C33H39F4O6S2+. The zero-order valence-corrected chi connectivity index (χ0v) is 27.8. The number of benzene rings is 3. The van der Waals surface area contributed by atoms with Crippen molar-refractivity contribution in [2.75, 3.05) is 6.61 Å². The van der Waals surface area contributed by atoms with Crippen LogP contribution < -0.4 is 4.74 Å². The SMILES string of the molecule is CC(C)C1OC(C)(c2ccc([S+](c3ccc(OC(C)C(F)(F)S(=O)(=O)O)cc3)c3ccc(C(C)(C)C)cc3)cc2)OCC1(F)F. The van der Waals surface area contributed by atoms with Gasteiger partial charge in [0.2, 0.25) is 0 Å². The molecule has 4 rings (SSSR count). The highest BCUT2D eigenvalue weighted by atomic mass is 32.2. The Kier molecular flexibility index (Phi) is 9.80. The van der Waals surface area contributed by atoms with E-state index in [9.17, 15) is 26.0 Å². The van der Waals surface area contributed by atoms with Crippen molar-refractivity contribution < 1.29 is 44.7 Å². The molecule has 1 heterocycles. The molecule has 0 radical (unpaired) electrons. The van der Waals surface area contributed by atoms with Crippen molar-refractivity contribution >= 4 is 21.0 Å². The van der Waals surface area contributed by atoms with Gasteiger partial charge in [0.05, 0.1) is 10.9 Å². The first-order valence-electron chi connectivity index (χ1n) is 14.4. The van der Waals surface area contributed by atoms with Gasteiger partial charge in [0.1, 0.15) is 18.5 Å². The fourth-order valence-corrected chi connectivity index (χ4v) is 7.49. The number of rotatable bonds is 9. The van der Waals surface area contributed by atoms with E-state index in [2.05, 4.69) is 32.9 Å². The van der Waals surface area contributed by atoms with E-state index in [0.29, 0.717) is 5.56 Å². The molecule has 4 unspecified atom stereocenters. The van der Waals surface area contributed by atoms with E-state index in [1.807, 2.05) is 24.3 Å². The van der Waals surface area contributed by atoms with E-state index in [1.54, 1.807) is 45.0 Å². The van der Waals surface area contributed by atoms with Gasteiger partial charge in [-0.05, 0) is 91.4 Å². The number of alkyl halides is 4. The molecule has 3 aromatic carbocycles. The third-order valence-electron chi connectivity index (χ3n) is 7.67. The summed E-state index contributed by atoms with van der Waals surface area (Å²) in [7, 11) is -6.37. The van der Waals surface area contributed by atoms with Crippen molar-refractivity contribution in [2.24, 2.45) is 5.92 Å². The Hall–Kier alpha value is -2.64. The Labute approximate surface area is 265 Å². The molecule has 0 spiro atoms. The van der Waals surface area contributed by atoms with Gasteiger partial charge in [-0.2, -0.15) is 17.2 Å². The predicted molar refractivity (Wildman–Crippen MR) is 165 cm³/mol. The van der Waals surface area contributed by atoms with Gasteiger partial charge < -0.3 is 14.2 Å². The lowest BCUT2D eigenvalue weighted by molar-refractivity contribution is -0.368. The Balaban J connectivity index is 1.68. The van der Waals surface area contributed by atoms with Crippen LogP contribution in [0.4, 0.5) is 17.6 Å². The van der Waals surface area contributed by atoms with Crippen LogP contribution in [0.25, 0.3) is 0 Å². The number of halogens is 4. The summed E-state index contributed by atoms with van der Waals surface area (Å²) in [6.45, 7) is 11.4. The van der Waals surface area contributed by atoms with Gasteiger partial charge in [0, 0.05) is 5.56 Å². The maximum Gasteiger partial charge on any atom is 0.405 e. The molecule has 1 fully saturated rings. The topological polar surface area (TPSA) is 82.1 Å². The molecule has 0 aromatic heterocycles. The van der Waals surface area contributed by atoms with Crippen molar-refractivity contribution in [3.8, 4) is 5.75 Å². The molecule has 0 aliphatic carbocycles. The van der Waals surface area contributed by atoms with E-state index in [1.165, 1.54) is 12.1 Å². The summed E-state index contributed by atoms with van der Waals surface area (Å²) in [5.74, 6) is -4.93. The monoisotopic (exact) mass is 671 g/mol. The van der Waals surface area contributed by atoms with Crippen LogP contribution in [0.15, 0.2) is 87.5 Å². The third-order valence-corrected chi connectivity index (χ3v) is 10.9. The molecule has 246 valence electrons. The standard InChI is InChI=1S/C33H38F4O6S2/c1-21(2)29-32(34,35)20-41-31(7,43-29)24-10-16-27(17-11-24)44(26-14-8-23(9-15-26)30(4,5)6)28-18-12-25(13-19-28)42-22(3)33(36,37)45(38,39)40/h8-19,21-22,29H,20H2,1-7H3/p+1. The first kappa shape index (κ1) is 35.2. The lowest BCUT2D eigenvalue weighted by Gasteiger charge is -2.44. The molecule has 4 atom stereocenters. The minimum absolute atomic E-state index is 0.00687. The van der Waals surface area contributed by atoms with Crippen LogP contribution in [0, 0.1) is 5.92 Å². The maximum atomic E-state index is 14.5. The molecule has 12 heteroatoms. The molecule has 1 saturated heterocycles. The zero-order valence-electron chi connectivity index (χ0n) is 26.2.